The van der Waals surface area contributed by atoms with Crippen molar-refractivity contribution in [2.24, 2.45) is 0 Å². The lowest BCUT2D eigenvalue weighted by Gasteiger charge is -2.17. The van der Waals surface area contributed by atoms with E-state index in [2.05, 4.69) is 27.6 Å². The van der Waals surface area contributed by atoms with Gasteiger partial charge in [-0.3, -0.25) is 0 Å². The third kappa shape index (κ3) is 4.15. The number of hydrogen-bond acceptors (Lipinski definition) is 5. The smallest absolute Gasteiger partial charge is 0.407 e. The van der Waals surface area contributed by atoms with Crippen molar-refractivity contribution in [2.45, 2.75) is 24.8 Å². The normalized spacial score (nSPS) is 13.2. The third-order valence-electron chi connectivity index (χ3n) is 5.25. The third-order valence-corrected chi connectivity index (χ3v) is 5.25. The van der Waals surface area contributed by atoms with E-state index in [9.17, 15) is 14.7 Å². The molecule has 0 radical (unpaired) electrons. The molecule has 7 nitrogen and oxygen atoms in total. The molecule has 2 N–H and O–H groups in total. The Bertz CT molecular complexity index is 1010. The molecule has 1 amide bonds. The van der Waals surface area contributed by atoms with Crippen molar-refractivity contribution in [3.8, 4) is 11.1 Å². The number of amides is 1. The van der Waals surface area contributed by atoms with Crippen molar-refractivity contribution in [2.75, 3.05) is 6.61 Å². The Morgan fingerprint density at radius 2 is 1.67 bits per heavy atom. The van der Waals surface area contributed by atoms with Crippen LogP contribution < -0.4 is 5.32 Å². The maximum atomic E-state index is 12.3. The van der Waals surface area contributed by atoms with Gasteiger partial charge in [0.1, 0.15) is 12.6 Å². The van der Waals surface area contributed by atoms with Gasteiger partial charge in [-0.1, -0.05) is 48.5 Å². The van der Waals surface area contributed by atoms with Crippen molar-refractivity contribution in [3.63, 3.8) is 0 Å². The summed E-state index contributed by atoms with van der Waals surface area (Å²) < 4.78 is 5.43. The van der Waals surface area contributed by atoms with Gasteiger partial charge in [0.15, 0.2) is 0 Å². The van der Waals surface area contributed by atoms with E-state index >= 15 is 0 Å². The number of carboxylic acid groups (broad SMARTS) is 1. The summed E-state index contributed by atoms with van der Waals surface area (Å²) in [5.41, 5.74) is 5.13. The van der Waals surface area contributed by atoms with Crippen LogP contribution in [0.15, 0.2) is 66.9 Å². The van der Waals surface area contributed by atoms with Crippen LogP contribution in [0.25, 0.3) is 11.1 Å². The van der Waals surface area contributed by atoms with Crippen molar-refractivity contribution in [1.82, 2.24) is 15.5 Å². The fourth-order valence-corrected chi connectivity index (χ4v) is 3.80. The molecule has 0 bridgehead atoms. The van der Waals surface area contributed by atoms with Gasteiger partial charge in [0.25, 0.3) is 0 Å². The van der Waals surface area contributed by atoms with E-state index in [4.69, 9.17) is 4.74 Å². The van der Waals surface area contributed by atoms with Gasteiger partial charge < -0.3 is 15.2 Å². The Morgan fingerprint density at radius 3 is 2.27 bits per heavy atom. The van der Waals surface area contributed by atoms with Crippen LogP contribution in [0.1, 0.15) is 29.2 Å². The summed E-state index contributed by atoms with van der Waals surface area (Å²) in [5, 5.41) is 19.6. The average Bonchev–Trinajstić information content (AvgIpc) is 3.09. The fourth-order valence-electron chi connectivity index (χ4n) is 3.80. The second-order valence-corrected chi connectivity index (χ2v) is 7.11. The molecule has 30 heavy (non-hydrogen) atoms. The number of aryl methyl sites for hydroxylation is 1. The molecule has 2 aromatic carbocycles. The summed E-state index contributed by atoms with van der Waals surface area (Å²) in [7, 11) is 0. The first-order valence-electron chi connectivity index (χ1n) is 9.74. The van der Waals surface area contributed by atoms with Crippen molar-refractivity contribution in [3.05, 3.63) is 83.7 Å². The Labute approximate surface area is 173 Å². The molecular weight excluding hydrogens is 382 g/mol. The molecule has 1 unspecified atom stereocenters. The van der Waals surface area contributed by atoms with Gasteiger partial charge in [-0.15, -0.1) is 0 Å². The van der Waals surface area contributed by atoms with E-state index in [0.29, 0.717) is 12.1 Å². The number of ether oxygens (including phenoxy) is 1. The van der Waals surface area contributed by atoms with Crippen molar-refractivity contribution < 1.29 is 19.4 Å². The average molecular weight is 403 g/mol. The minimum atomic E-state index is -1.12. The molecule has 0 aliphatic heterocycles. The highest BCUT2D eigenvalue weighted by Gasteiger charge is 2.29. The van der Waals surface area contributed by atoms with Gasteiger partial charge in [-0.25, -0.2) is 9.59 Å². The van der Waals surface area contributed by atoms with Crippen LogP contribution in [0.2, 0.25) is 0 Å². The quantitative estimate of drug-likeness (QED) is 0.627. The lowest BCUT2D eigenvalue weighted by Crippen LogP contribution is -2.41. The molecule has 1 aliphatic rings. The summed E-state index contributed by atoms with van der Waals surface area (Å²) in [6, 6.07) is 18.5. The molecule has 0 saturated carbocycles. The van der Waals surface area contributed by atoms with Gasteiger partial charge >= 0.3 is 12.1 Å². The molecule has 7 heteroatoms. The molecule has 1 aromatic heterocycles. The van der Waals surface area contributed by atoms with Gasteiger partial charge in [-0.2, -0.15) is 10.2 Å². The number of rotatable bonds is 7. The number of carboxylic acids is 1. The number of aliphatic carboxylic acids is 1. The summed E-state index contributed by atoms with van der Waals surface area (Å²) in [4.78, 5) is 23.9. The highest BCUT2D eigenvalue weighted by molar-refractivity contribution is 5.81. The first kappa shape index (κ1) is 19.6. The van der Waals surface area contributed by atoms with E-state index in [1.165, 1.54) is 0 Å². The van der Waals surface area contributed by atoms with Crippen LogP contribution in [0.5, 0.6) is 0 Å². The second-order valence-electron chi connectivity index (χ2n) is 7.11. The minimum absolute atomic E-state index is 0.0778. The monoisotopic (exact) mass is 403 g/mol. The summed E-state index contributed by atoms with van der Waals surface area (Å²) in [6.07, 6.45) is 1.38. The highest BCUT2D eigenvalue weighted by Crippen LogP contribution is 2.44. The van der Waals surface area contributed by atoms with E-state index in [0.717, 1.165) is 22.3 Å². The number of nitrogens with zero attached hydrogens (tertiary/aromatic N) is 2. The van der Waals surface area contributed by atoms with Gasteiger partial charge in [-0.05, 0) is 47.2 Å². The van der Waals surface area contributed by atoms with Crippen LogP contribution in [-0.2, 0) is 16.0 Å². The maximum Gasteiger partial charge on any atom is 0.407 e. The summed E-state index contributed by atoms with van der Waals surface area (Å²) in [5.74, 6) is -1.20. The lowest BCUT2D eigenvalue weighted by atomic mass is 9.98. The molecular formula is C23H21N3O4. The summed E-state index contributed by atoms with van der Waals surface area (Å²) in [6.45, 7) is 0.135. The van der Waals surface area contributed by atoms with E-state index in [1.54, 1.807) is 18.3 Å². The Hall–Kier alpha value is -3.74. The first-order valence-corrected chi connectivity index (χ1v) is 9.74. The zero-order valence-corrected chi connectivity index (χ0v) is 16.2. The predicted molar refractivity (Wildman–Crippen MR) is 110 cm³/mol. The molecule has 4 rings (SSSR count). The van der Waals surface area contributed by atoms with Crippen molar-refractivity contribution in [1.29, 1.82) is 0 Å². The topological polar surface area (TPSA) is 101 Å². The lowest BCUT2D eigenvalue weighted by molar-refractivity contribution is -0.139. The van der Waals surface area contributed by atoms with Crippen LogP contribution in [0.3, 0.4) is 0 Å². The number of alkyl carbamates (subject to hydrolysis) is 1. The molecule has 1 aliphatic carbocycles. The largest absolute Gasteiger partial charge is 0.480 e. The van der Waals surface area contributed by atoms with Crippen LogP contribution in [0.4, 0.5) is 4.79 Å². The number of benzene rings is 2. The summed E-state index contributed by atoms with van der Waals surface area (Å²) >= 11 is 0. The highest BCUT2D eigenvalue weighted by atomic mass is 16.5. The van der Waals surface area contributed by atoms with Gasteiger partial charge in [0, 0.05) is 12.1 Å². The second kappa shape index (κ2) is 8.73. The predicted octanol–water partition coefficient (Wildman–Crippen LogP) is 3.40. The number of fused-ring (bicyclic) bond motifs is 3. The van der Waals surface area contributed by atoms with Crippen LogP contribution in [-0.4, -0.2) is 40.0 Å². The number of hydrogen-bond donors (Lipinski definition) is 2. The van der Waals surface area contributed by atoms with Gasteiger partial charge in [0.2, 0.25) is 0 Å². The zero-order valence-electron chi connectivity index (χ0n) is 16.2. The van der Waals surface area contributed by atoms with E-state index < -0.39 is 18.1 Å². The molecule has 1 heterocycles. The number of nitrogens with one attached hydrogen (secondary N) is 1. The standard InChI is InChI=1S/C23H21N3O4/c27-22(28)21(12-11-15-6-5-13-24-26-15)25-23(29)30-14-20-18-9-3-1-7-16(18)17-8-2-4-10-19(17)20/h1-10,13,20-21H,11-12,14H2,(H,25,29)(H,27,28). The molecule has 0 fully saturated rings. The Kier molecular flexibility index (Phi) is 5.70. The van der Waals surface area contributed by atoms with E-state index in [-0.39, 0.29) is 18.9 Å². The zero-order chi connectivity index (χ0) is 20.9. The number of carbonyl (C=O) groups is 2. The molecule has 1 atom stereocenters. The first-order chi connectivity index (χ1) is 14.6. The van der Waals surface area contributed by atoms with E-state index in [1.807, 2.05) is 36.4 Å². The minimum Gasteiger partial charge on any atom is -0.480 e. The number of carbonyl (C=O) groups excluding carboxylic acids is 1. The Morgan fingerprint density at radius 1 is 1.00 bits per heavy atom. The molecule has 0 saturated heterocycles. The molecule has 3 aromatic rings. The Balaban J connectivity index is 1.38. The van der Waals surface area contributed by atoms with Crippen LogP contribution in [0, 0.1) is 0 Å². The maximum absolute atomic E-state index is 12.3. The van der Waals surface area contributed by atoms with Crippen molar-refractivity contribution >= 4 is 12.1 Å². The fraction of sp³-hybridized carbons (Fsp3) is 0.217. The SMILES string of the molecule is O=C(NC(CCc1cccnn1)C(=O)O)OCC1c2ccccc2-c2ccccc21. The van der Waals surface area contributed by atoms with Gasteiger partial charge in [0.05, 0.1) is 5.69 Å². The number of aromatic nitrogens is 2. The van der Waals surface area contributed by atoms with Crippen LogP contribution >= 0.6 is 0 Å². The molecule has 152 valence electrons. The molecule has 0 spiro atoms.